The molecule has 0 spiro atoms. The minimum absolute atomic E-state index is 0.0537. The van der Waals surface area contributed by atoms with Crippen molar-refractivity contribution >= 4 is 11.9 Å². The van der Waals surface area contributed by atoms with Gasteiger partial charge in [0.05, 0.1) is 30.6 Å². The molecular weight excluding hydrogens is 369 g/mol. The van der Waals surface area contributed by atoms with Crippen LogP contribution in [0.4, 0.5) is 13.2 Å². The summed E-state index contributed by atoms with van der Waals surface area (Å²) in [4.78, 5) is 25.8. The van der Waals surface area contributed by atoms with Gasteiger partial charge in [-0.1, -0.05) is 0 Å². The van der Waals surface area contributed by atoms with E-state index in [-0.39, 0.29) is 12.0 Å². The number of aryl methyl sites for hydroxylation is 1. The molecule has 2 fully saturated rings. The fraction of sp³-hybridized carbons (Fsp3) is 0.647. The van der Waals surface area contributed by atoms with Crippen LogP contribution in [-0.4, -0.2) is 77.4 Å². The standard InChI is InChI=1S/C15H22N2O3.C2HF3O2/c1-10(2)17-5-7-20-14-9-16(8-13(14)17)15(18)12-4-6-19-11(12)3;3-2(4,5)1(6)7/h4,6,10,13-14H,5,7-9H2,1-3H3;(H,6,7)/t13-,14+;/m1./s1. The van der Waals surface area contributed by atoms with Crippen LogP contribution < -0.4 is 0 Å². The molecule has 7 nitrogen and oxygen atoms in total. The Morgan fingerprint density at radius 3 is 2.41 bits per heavy atom. The van der Waals surface area contributed by atoms with Crippen molar-refractivity contribution in [1.82, 2.24) is 9.80 Å². The molecule has 0 unspecified atom stereocenters. The minimum atomic E-state index is -5.08. The second-order valence-electron chi connectivity index (χ2n) is 6.71. The van der Waals surface area contributed by atoms with E-state index >= 15 is 0 Å². The van der Waals surface area contributed by atoms with Gasteiger partial charge < -0.3 is 19.2 Å². The Morgan fingerprint density at radius 2 is 1.93 bits per heavy atom. The molecule has 0 aromatic carbocycles. The van der Waals surface area contributed by atoms with Crippen molar-refractivity contribution in [3.8, 4) is 0 Å². The highest BCUT2D eigenvalue weighted by molar-refractivity contribution is 5.95. The molecule has 1 amide bonds. The number of nitrogens with zero attached hydrogens (tertiary/aromatic N) is 2. The number of alkyl halides is 3. The summed E-state index contributed by atoms with van der Waals surface area (Å²) < 4.78 is 42.8. The number of ether oxygens (including phenoxy) is 1. The van der Waals surface area contributed by atoms with E-state index in [2.05, 4.69) is 18.7 Å². The zero-order valence-corrected chi connectivity index (χ0v) is 15.3. The zero-order valence-electron chi connectivity index (χ0n) is 15.3. The lowest BCUT2D eigenvalue weighted by molar-refractivity contribution is -0.192. The SMILES string of the molecule is Cc1occc1C(=O)N1C[C@@H]2OCCN(C(C)C)[C@@H]2C1.O=C(O)C(F)(F)F. The van der Waals surface area contributed by atoms with Gasteiger partial charge in [-0.25, -0.2) is 4.79 Å². The molecule has 2 saturated heterocycles. The number of hydrogen-bond acceptors (Lipinski definition) is 5. The van der Waals surface area contributed by atoms with Gasteiger partial charge in [0, 0.05) is 25.7 Å². The van der Waals surface area contributed by atoms with E-state index in [0.717, 1.165) is 19.7 Å². The molecule has 1 N–H and O–H groups in total. The van der Waals surface area contributed by atoms with Crippen LogP contribution in [0.2, 0.25) is 0 Å². The molecule has 2 atom stereocenters. The third-order valence-corrected chi connectivity index (χ3v) is 4.63. The first-order valence-electron chi connectivity index (χ1n) is 8.53. The fourth-order valence-electron chi connectivity index (χ4n) is 3.30. The van der Waals surface area contributed by atoms with Crippen LogP contribution in [0.3, 0.4) is 0 Å². The predicted molar refractivity (Wildman–Crippen MR) is 88.4 cm³/mol. The summed E-state index contributed by atoms with van der Waals surface area (Å²) in [6.45, 7) is 9.36. The van der Waals surface area contributed by atoms with E-state index in [4.69, 9.17) is 19.1 Å². The van der Waals surface area contributed by atoms with Crippen LogP contribution in [-0.2, 0) is 9.53 Å². The summed E-state index contributed by atoms with van der Waals surface area (Å²) in [6, 6.07) is 2.55. The highest BCUT2D eigenvalue weighted by Crippen LogP contribution is 2.26. The van der Waals surface area contributed by atoms with Gasteiger partial charge in [-0.3, -0.25) is 9.69 Å². The summed E-state index contributed by atoms with van der Waals surface area (Å²) in [5.41, 5.74) is 0.666. The molecular formula is C17H23F3N2O5. The van der Waals surface area contributed by atoms with Gasteiger partial charge in [0.2, 0.25) is 0 Å². The largest absolute Gasteiger partial charge is 0.490 e. The molecule has 152 valence electrons. The lowest BCUT2D eigenvalue weighted by Crippen LogP contribution is -2.53. The Bertz CT molecular complexity index is 674. The van der Waals surface area contributed by atoms with E-state index in [1.54, 1.807) is 12.3 Å². The molecule has 1 aromatic rings. The van der Waals surface area contributed by atoms with E-state index in [1.165, 1.54) is 0 Å². The van der Waals surface area contributed by atoms with E-state index in [1.807, 2.05) is 11.8 Å². The maximum absolute atomic E-state index is 12.5. The third-order valence-electron chi connectivity index (χ3n) is 4.63. The van der Waals surface area contributed by atoms with E-state index in [0.29, 0.717) is 30.0 Å². The normalized spacial score (nSPS) is 23.0. The van der Waals surface area contributed by atoms with Gasteiger partial charge in [0.15, 0.2) is 0 Å². The summed E-state index contributed by atoms with van der Waals surface area (Å²) in [5, 5.41) is 7.12. The average molecular weight is 392 g/mol. The molecule has 0 aliphatic carbocycles. The van der Waals surface area contributed by atoms with Gasteiger partial charge in [-0.2, -0.15) is 13.2 Å². The smallest absolute Gasteiger partial charge is 0.475 e. The average Bonchev–Trinajstić information content (AvgIpc) is 3.19. The number of carbonyl (C=O) groups excluding carboxylic acids is 1. The number of rotatable bonds is 2. The highest BCUT2D eigenvalue weighted by Gasteiger charge is 2.43. The van der Waals surface area contributed by atoms with Crippen molar-refractivity contribution in [2.24, 2.45) is 0 Å². The third kappa shape index (κ3) is 5.01. The van der Waals surface area contributed by atoms with Crippen molar-refractivity contribution in [3.05, 3.63) is 23.7 Å². The topological polar surface area (TPSA) is 83.2 Å². The van der Waals surface area contributed by atoms with Crippen LogP contribution in [0.25, 0.3) is 0 Å². The first-order valence-corrected chi connectivity index (χ1v) is 8.53. The van der Waals surface area contributed by atoms with Crippen LogP contribution in [0.5, 0.6) is 0 Å². The quantitative estimate of drug-likeness (QED) is 0.831. The molecule has 3 rings (SSSR count). The van der Waals surface area contributed by atoms with Crippen molar-refractivity contribution in [2.45, 2.75) is 45.1 Å². The van der Waals surface area contributed by atoms with E-state index in [9.17, 15) is 18.0 Å². The predicted octanol–water partition coefficient (Wildman–Crippen LogP) is 2.15. The Hall–Kier alpha value is -2.07. The van der Waals surface area contributed by atoms with Gasteiger partial charge in [-0.15, -0.1) is 0 Å². The molecule has 0 radical (unpaired) electrons. The van der Waals surface area contributed by atoms with E-state index < -0.39 is 12.1 Å². The Labute approximate surface area is 154 Å². The summed E-state index contributed by atoms with van der Waals surface area (Å²) in [7, 11) is 0. The number of furan rings is 1. The highest BCUT2D eigenvalue weighted by atomic mass is 19.4. The number of carbonyl (C=O) groups is 2. The lowest BCUT2D eigenvalue weighted by atomic mass is 10.1. The number of halogens is 3. The van der Waals surface area contributed by atoms with Gasteiger partial charge in [-0.05, 0) is 26.8 Å². The second kappa shape index (κ2) is 8.30. The summed E-state index contributed by atoms with van der Waals surface area (Å²) in [6.07, 6.45) is -3.37. The monoisotopic (exact) mass is 392 g/mol. The van der Waals surface area contributed by atoms with Crippen molar-refractivity contribution in [2.75, 3.05) is 26.2 Å². The number of morpholine rings is 1. The van der Waals surface area contributed by atoms with Gasteiger partial charge in [0.25, 0.3) is 5.91 Å². The first kappa shape index (κ1) is 21.2. The maximum Gasteiger partial charge on any atom is 0.490 e. The molecule has 2 aliphatic heterocycles. The van der Waals surface area contributed by atoms with Gasteiger partial charge in [0.1, 0.15) is 5.76 Å². The first-order chi connectivity index (χ1) is 12.5. The zero-order chi connectivity index (χ0) is 20.4. The summed E-state index contributed by atoms with van der Waals surface area (Å²) in [5.74, 6) is -2.02. The number of amides is 1. The van der Waals surface area contributed by atoms with Gasteiger partial charge >= 0.3 is 12.1 Å². The number of aliphatic carboxylic acids is 1. The molecule has 0 bridgehead atoms. The number of carboxylic acids is 1. The van der Waals surface area contributed by atoms with Crippen LogP contribution >= 0.6 is 0 Å². The second-order valence-corrected chi connectivity index (χ2v) is 6.71. The van der Waals surface area contributed by atoms with Crippen molar-refractivity contribution in [1.29, 1.82) is 0 Å². The van der Waals surface area contributed by atoms with Crippen molar-refractivity contribution < 1.29 is 37.0 Å². The molecule has 2 aliphatic rings. The summed E-state index contributed by atoms with van der Waals surface area (Å²) >= 11 is 0. The van der Waals surface area contributed by atoms with Crippen LogP contribution in [0.1, 0.15) is 30.0 Å². The molecule has 3 heterocycles. The van der Waals surface area contributed by atoms with Crippen LogP contribution in [0, 0.1) is 6.92 Å². The number of hydrogen-bond donors (Lipinski definition) is 1. The number of likely N-dealkylation sites (tertiary alicyclic amines) is 1. The van der Waals surface area contributed by atoms with Crippen molar-refractivity contribution in [3.63, 3.8) is 0 Å². The Morgan fingerprint density at radius 1 is 1.30 bits per heavy atom. The lowest BCUT2D eigenvalue weighted by Gasteiger charge is -2.39. The molecule has 10 heteroatoms. The van der Waals surface area contributed by atoms with Crippen LogP contribution in [0.15, 0.2) is 16.7 Å². The maximum atomic E-state index is 12.5. The Kier molecular flexibility index (Phi) is 6.53. The fourth-order valence-corrected chi connectivity index (χ4v) is 3.30. The molecule has 1 aromatic heterocycles. The number of carboxylic acid groups (broad SMARTS) is 1. The number of fused-ring (bicyclic) bond motifs is 1. The minimum Gasteiger partial charge on any atom is -0.475 e. The Balaban J connectivity index is 0.000000321. The molecule has 27 heavy (non-hydrogen) atoms. The molecule has 0 saturated carbocycles.